The molecule has 10 heteroatoms. The van der Waals surface area contributed by atoms with Gasteiger partial charge in [-0.15, -0.1) is 0 Å². The molecule has 1 amide bonds. The number of carbonyl (C=O) groups is 2. The van der Waals surface area contributed by atoms with Gasteiger partial charge in [-0.3, -0.25) is 4.79 Å². The van der Waals surface area contributed by atoms with Gasteiger partial charge in [-0.25, -0.2) is 4.79 Å². The van der Waals surface area contributed by atoms with Crippen LogP contribution in [0.15, 0.2) is 18.2 Å². The summed E-state index contributed by atoms with van der Waals surface area (Å²) in [5.41, 5.74) is -0.653. The molecule has 2 rings (SSSR count). The van der Waals surface area contributed by atoms with Gasteiger partial charge >= 0.3 is 5.97 Å². The van der Waals surface area contributed by atoms with Gasteiger partial charge in [-0.2, -0.15) is 0 Å². The summed E-state index contributed by atoms with van der Waals surface area (Å²) in [6, 6.07) is 4.59. The van der Waals surface area contributed by atoms with E-state index in [-0.39, 0.29) is 20.1 Å². The van der Waals surface area contributed by atoms with Crippen molar-refractivity contribution < 1.29 is 24.2 Å². The van der Waals surface area contributed by atoms with Crippen LogP contribution in [-0.4, -0.2) is 31.2 Å². The van der Waals surface area contributed by atoms with Gasteiger partial charge in [0.2, 0.25) is 0 Å². The average molecular weight is 439 g/mol. The molecule has 0 heterocycles. The third kappa shape index (κ3) is 3.78. The molecule has 2 aromatic carbocycles. The molecule has 138 valence electrons. The molecule has 2 N–H and O–H groups in total. The molecular formula is C16H11Cl4NO5. The van der Waals surface area contributed by atoms with E-state index >= 15 is 0 Å². The second-order valence-corrected chi connectivity index (χ2v) is 6.35. The number of benzene rings is 2. The molecule has 6 nitrogen and oxygen atoms in total. The van der Waals surface area contributed by atoms with Crippen LogP contribution in [0.3, 0.4) is 0 Å². The van der Waals surface area contributed by atoms with Crippen LogP contribution >= 0.6 is 46.4 Å². The van der Waals surface area contributed by atoms with E-state index in [1.54, 1.807) is 6.07 Å². The first-order valence-corrected chi connectivity index (χ1v) is 8.36. The third-order valence-corrected chi connectivity index (χ3v) is 5.15. The predicted octanol–water partition coefficient (Wildman–Crippen LogP) is 5.27. The Morgan fingerprint density at radius 3 is 1.92 bits per heavy atom. The molecule has 0 unspecified atom stereocenters. The van der Waals surface area contributed by atoms with E-state index in [2.05, 4.69) is 5.32 Å². The molecule has 0 saturated heterocycles. The fourth-order valence-electron chi connectivity index (χ4n) is 2.15. The number of methoxy groups -OCH3 is 2. The highest BCUT2D eigenvalue weighted by molar-refractivity contribution is 6.54. The zero-order valence-electron chi connectivity index (χ0n) is 13.3. The minimum absolute atomic E-state index is 0.221. The molecule has 0 spiro atoms. The number of carboxylic acids is 1. The summed E-state index contributed by atoms with van der Waals surface area (Å²) in [6.07, 6.45) is 0. The zero-order valence-corrected chi connectivity index (χ0v) is 16.3. The Bertz CT molecular complexity index is 901. The molecule has 2 aromatic rings. The number of anilines is 1. The van der Waals surface area contributed by atoms with Crippen molar-refractivity contribution in [1.29, 1.82) is 0 Å². The molecule has 0 radical (unpaired) electrons. The van der Waals surface area contributed by atoms with Crippen LogP contribution in [-0.2, 0) is 0 Å². The van der Waals surface area contributed by atoms with E-state index in [0.29, 0.717) is 17.2 Å². The maximum Gasteiger partial charge on any atom is 0.338 e. The Morgan fingerprint density at radius 2 is 1.42 bits per heavy atom. The quantitative estimate of drug-likeness (QED) is 0.490. The topological polar surface area (TPSA) is 84.9 Å². The highest BCUT2D eigenvalue weighted by Gasteiger charge is 2.29. The number of carbonyl (C=O) groups excluding carboxylic acids is 1. The normalized spacial score (nSPS) is 10.4. The van der Waals surface area contributed by atoms with E-state index in [1.165, 1.54) is 26.4 Å². The van der Waals surface area contributed by atoms with E-state index in [4.69, 9.17) is 55.9 Å². The van der Waals surface area contributed by atoms with Crippen molar-refractivity contribution in [1.82, 2.24) is 0 Å². The minimum Gasteiger partial charge on any atom is -0.493 e. The summed E-state index contributed by atoms with van der Waals surface area (Å²) in [5, 5.41) is 10.7. The van der Waals surface area contributed by atoms with Gasteiger partial charge in [0.25, 0.3) is 5.91 Å². The number of hydrogen-bond acceptors (Lipinski definition) is 4. The Morgan fingerprint density at radius 1 is 0.885 bits per heavy atom. The Labute approximate surface area is 168 Å². The first-order chi connectivity index (χ1) is 12.2. The lowest BCUT2D eigenvalue weighted by atomic mass is 10.1. The van der Waals surface area contributed by atoms with Crippen LogP contribution in [0.25, 0.3) is 0 Å². The van der Waals surface area contributed by atoms with Gasteiger partial charge in [0, 0.05) is 11.8 Å². The standard InChI is InChI=1S/C16H11Cl4NO5/c1-25-7-4-3-6(5-8(7)26-2)21-15(22)9-10(16(23)24)12(18)14(20)13(19)11(9)17/h3-5H,1-2H3,(H,21,22)(H,23,24). The maximum absolute atomic E-state index is 12.6. The predicted molar refractivity (Wildman–Crippen MR) is 101 cm³/mol. The molecule has 0 aliphatic carbocycles. The first kappa shape index (κ1) is 20.5. The molecule has 0 aromatic heterocycles. The highest BCUT2D eigenvalue weighted by atomic mass is 35.5. The zero-order chi connectivity index (χ0) is 19.6. The third-order valence-electron chi connectivity index (χ3n) is 3.35. The molecular weight excluding hydrogens is 428 g/mol. The van der Waals surface area contributed by atoms with Crippen LogP contribution < -0.4 is 14.8 Å². The first-order valence-electron chi connectivity index (χ1n) is 6.85. The lowest BCUT2D eigenvalue weighted by Gasteiger charge is -2.15. The molecule has 0 aliphatic rings. The van der Waals surface area contributed by atoms with Crippen molar-refractivity contribution >= 4 is 64.0 Å². The van der Waals surface area contributed by atoms with Gasteiger partial charge in [0.1, 0.15) is 0 Å². The minimum atomic E-state index is -1.48. The van der Waals surface area contributed by atoms with Crippen LogP contribution in [0.5, 0.6) is 11.5 Å². The average Bonchev–Trinajstić information content (AvgIpc) is 2.61. The Hall–Kier alpha value is -1.86. The fourth-order valence-corrected chi connectivity index (χ4v) is 3.17. The number of aromatic carboxylic acids is 1. The van der Waals surface area contributed by atoms with Crippen molar-refractivity contribution in [3.8, 4) is 11.5 Å². The van der Waals surface area contributed by atoms with Crippen LogP contribution in [0.1, 0.15) is 20.7 Å². The van der Waals surface area contributed by atoms with Crippen molar-refractivity contribution in [2.24, 2.45) is 0 Å². The van der Waals surface area contributed by atoms with Crippen molar-refractivity contribution in [3.05, 3.63) is 49.4 Å². The van der Waals surface area contributed by atoms with Crippen molar-refractivity contribution in [2.45, 2.75) is 0 Å². The molecule has 26 heavy (non-hydrogen) atoms. The molecule has 0 atom stereocenters. The number of hydrogen-bond donors (Lipinski definition) is 2. The molecule has 0 aliphatic heterocycles. The maximum atomic E-state index is 12.6. The van der Waals surface area contributed by atoms with E-state index in [0.717, 1.165) is 0 Å². The van der Waals surface area contributed by atoms with Gasteiger partial charge in [-0.05, 0) is 12.1 Å². The second kappa shape index (κ2) is 8.22. The lowest BCUT2D eigenvalue weighted by Crippen LogP contribution is -2.18. The lowest BCUT2D eigenvalue weighted by molar-refractivity contribution is 0.0692. The molecule has 0 saturated carbocycles. The summed E-state index contributed by atoms with van der Waals surface area (Å²) in [6.45, 7) is 0. The Balaban J connectivity index is 2.53. The van der Waals surface area contributed by atoms with Crippen LogP contribution in [0.4, 0.5) is 5.69 Å². The number of ether oxygens (including phenoxy) is 2. The van der Waals surface area contributed by atoms with Gasteiger partial charge in [0.15, 0.2) is 11.5 Å². The van der Waals surface area contributed by atoms with Crippen LogP contribution in [0.2, 0.25) is 20.1 Å². The largest absolute Gasteiger partial charge is 0.493 e. The number of carboxylic acid groups (broad SMARTS) is 1. The van der Waals surface area contributed by atoms with E-state index in [1.807, 2.05) is 0 Å². The summed E-state index contributed by atoms with van der Waals surface area (Å²) in [4.78, 5) is 24.2. The summed E-state index contributed by atoms with van der Waals surface area (Å²) in [5.74, 6) is -1.50. The van der Waals surface area contributed by atoms with Crippen LogP contribution in [0, 0.1) is 0 Å². The second-order valence-electron chi connectivity index (χ2n) is 4.83. The van der Waals surface area contributed by atoms with E-state index in [9.17, 15) is 14.7 Å². The SMILES string of the molecule is COc1ccc(NC(=O)c2c(Cl)c(Cl)c(Cl)c(Cl)c2C(=O)O)cc1OC. The number of rotatable bonds is 5. The van der Waals surface area contributed by atoms with Crippen molar-refractivity contribution in [3.63, 3.8) is 0 Å². The molecule has 0 bridgehead atoms. The highest BCUT2D eigenvalue weighted by Crippen LogP contribution is 2.42. The fraction of sp³-hybridized carbons (Fsp3) is 0.125. The monoisotopic (exact) mass is 437 g/mol. The van der Waals surface area contributed by atoms with Gasteiger partial charge < -0.3 is 19.9 Å². The Kier molecular flexibility index (Phi) is 6.47. The van der Waals surface area contributed by atoms with Gasteiger partial charge in [0.05, 0.1) is 45.4 Å². The smallest absolute Gasteiger partial charge is 0.338 e. The number of amides is 1. The van der Waals surface area contributed by atoms with E-state index < -0.39 is 23.0 Å². The summed E-state index contributed by atoms with van der Waals surface area (Å²) < 4.78 is 10.3. The number of nitrogens with one attached hydrogen (secondary N) is 1. The summed E-state index contributed by atoms with van der Waals surface area (Å²) in [7, 11) is 2.90. The molecule has 0 fully saturated rings. The summed E-state index contributed by atoms with van der Waals surface area (Å²) >= 11 is 23.8. The van der Waals surface area contributed by atoms with Gasteiger partial charge in [-0.1, -0.05) is 46.4 Å². The number of halogens is 4. The van der Waals surface area contributed by atoms with Crippen molar-refractivity contribution in [2.75, 3.05) is 19.5 Å².